The van der Waals surface area contributed by atoms with Crippen molar-refractivity contribution in [2.24, 2.45) is 0 Å². The molecule has 0 radical (unpaired) electrons. The van der Waals surface area contributed by atoms with E-state index in [-0.39, 0.29) is 28.5 Å². The van der Waals surface area contributed by atoms with Crippen molar-refractivity contribution in [3.05, 3.63) is 59.5 Å². The average Bonchev–Trinajstić information content (AvgIpc) is 2.99. The number of hydrogen-bond acceptors (Lipinski definition) is 5. The molecule has 4 rings (SSSR count). The van der Waals surface area contributed by atoms with E-state index < -0.39 is 27.7 Å². The van der Waals surface area contributed by atoms with Crippen LogP contribution < -0.4 is 5.32 Å². The summed E-state index contributed by atoms with van der Waals surface area (Å²) in [6, 6.07) is 7.69. The number of alkyl halides is 3. The molecule has 1 N–H and O–H groups in total. The van der Waals surface area contributed by atoms with Crippen LogP contribution in [0, 0.1) is 0 Å². The van der Waals surface area contributed by atoms with E-state index in [9.17, 15) is 26.4 Å². The molecule has 176 valence electrons. The molecule has 33 heavy (non-hydrogen) atoms. The van der Waals surface area contributed by atoms with Gasteiger partial charge in [0, 0.05) is 24.8 Å². The summed E-state index contributed by atoms with van der Waals surface area (Å²) in [5.74, 6) is -0.387. The fraction of sp³-hybridized carbons (Fsp3) is 0.381. The lowest BCUT2D eigenvalue weighted by molar-refractivity contribution is -0.137. The van der Waals surface area contributed by atoms with Crippen molar-refractivity contribution in [1.82, 2.24) is 24.2 Å². The lowest BCUT2D eigenvalue weighted by atomic mass is 10.2. The molecule has 1 saturated heterocycles. The molecule has 8 nitrogen and oxygen atoms in total. The van der Waals surface area contributed by atoms with Gasteiger partial charge in [0.2, 0.25) is 10.0 Å². The first kappa shape index (κ1) is 23.2. The number of carbonyl (C=O) groups excluding carboxylic acids is 1. The molecule has 1 amide bonds. The van der Waals surface area contributed by atoms with Gasteiger partial charge in [-0.1, -0.05) is 12.8 Å². The Labute approximate surface area is 188 Å². The highest BCUT2D eigenvalue weighted by Gasteiger charge is 2.31. The molecule has 1 aliphatic rings. The van der Waals surface area contributed by atoms with Gasteiger partial charge in [-0.3, -0.25) is 9.20 Å². The molecule has 3 heterocycles. The molecular weight excluding hydrogens is 459 g/mol. The van der Waals surface area contributed by atoms with Crippen LogP contribution in [0.2, 0.25) is 0 Å². The molecule has 3 aromatic rings. The highest BCUT2D eigenvalue weighted by molar-refractivity contribution is 7.89. The second-order valence-electron chi connectivity index (χ2n) is 7.79. The standard InChI is InChI=1S/C21H22F3N5O3S/c22-21(23,24)16-7-10-18-26-27-19(29(18)14-16)13-25-20(30)15-5-8-17(9-6-15)33(31,32)28-11-3-1-2-4-12-28/h5-10,14H,1-4,11-13H2,(H,25,30). The molecule has 1 aliphatic heterocycles. The van der Waals surface area contributed by atoms with Crippen LogP contribution in [-0.2, 0) is 22.7 Å². The molecular formula is C21H22F3N5O3S. The average molecular weight is 482 g/mol. The largest absolute Gasteiger partial charge is 0.417 e. The molecule has 12 heteroatoms. The van der Waals surface area contributed by atoms with Gasteiger partial charge < -0.3 is 5.32 Å². The first-order valence-electron chi connectivity index (χ1n) is 10.5. The number of benzene rings is 1. The maximum atomic E-state index is 13.0. The Bertz CT molecular complexity index is 1250. The maximum absolute atomic E-state index is 13.0. The molecule has 0 aliphatic carbocycles. The molecule has 0 saturated carbocycles. The minimum Gasteiger partial charge on any atom is -0.345 e. The van der Waals surface area contributed by atoms with E-state index in [1.165, 1.54) is 39.0 Å². The zero-order valence-corrected chi connectivity index (χ0v) is 18.4. The first-order valence-corrected chi connectivity index (χ1v) is 11.9. The van der Waals surface area contributed by atoms with Gasteiger partial charge in [-0.2, -0.15) is 17.5 Å². The van der Waals surface area contributed by atoms with Crippen LogP contribution in [0.4, 0.5) is 13.2 Å². The van der Waals surface area contributed by atoms with E-state index in [0.29, 0.717) is 13.1 Å². The minimum absolute atomic E-state index is 0.115. The summed E-state index contributed by atoms with van der Waals surface area (Å²) in [7, 11) is -3.63. The van der Waals surface area contributed by atoms with E-state index in [1.807, 2.05) is 0 Å². The molecule has 0 spiro atoms. The number of pyridine rings is 1. The quantitative estimate of drug-likeness (QED) is 0.604. The number of amides is 1. The Morgan fingerprint density at radius 2 is 1.64 bits per heavy atom. The van der Waals surface area contributed by atoms with Crippen LogP contribution in [-0.4, -0.2) is 46.3 Å². The van der Waals surface area contributed by atoms with Crippen molar-refractivity contribution >= 4 is 21.6 Å². The molecule has 0 bridgehead atoms. The topological polar surface area (TPSA) is 96.7 Å². The van der Waals surface area contributed by atoms with E-state index in [1.54, 1.807) is 0 Å². The summed E-state index contributed by atoms with van der Waals surface area (Å²) in [4.78, 5) is 12.6. The van der Waals surface area contributed by atoms with E-state index in [4.69, 9.17) is 0 Å². The number of halogens is 3. The Kier molecular flexibility index (Phi) is 6.39. The van der Waals surface area contributed by atoms with Crippen molar-refractivity contribution in [3.63, 3.8) is 0 Å². The summed E-state index contributed by atoms with van der Waals surface area (Å²) >= 11 is 0. The predicted octanol–water partition coefficient (Wildman–Crippen LogP) is 3.24. The Hall–Kier alpha value is -2.99. The zero-order valence-electron chi connectivity index (χ0n) is 17.5. The maximum Gasteiger partial charge on any atom is 0.417 e. The minimum atomic E-state index is -4.52. The smallest absolute Gasteiger partial charge is 0.345 e. The Morgan fingerprint density at radius 1 is 0.970 bits per heavy atom. The molecule has 2 aromatic heterocycles. The summed E-state index contributed by atoms with van der Waals surface area (Å²) in [6.07, 6.45) is 0.00461. The van der Waals surface area contributed by atoms with Gasteiger partial charge in [-0.15, -0.1) is 10.2 Å². The highest BCUT2D eigenvalue weighted by Crippen LogP contribution is 2.29. The normalized spacial score (nSPS) is 16.0. The number of fused-ring (bicyclic) bond motifs is 1. The van der Waals surface area contributed by atoms with Crippen molar-refractivity contribution in [1.29, 1.82) is 0 Å². The van der Waals surface area contributed by atoms with E-state index >= 15 is 0 Å². The molecule has 1 fully saturated rings. The Balaban J connectivity index is 1.45. The molecule has 0 unspecified atom stereocenters. The third-order valence-electron chi connectivity index (χ3n) is 5.53. The first-order chi connectivity index (χ1) is 15.7. The van der Waals surface area contributed by atoms with Crippen LogP contribution in [0.15, 0.2) is 47.5 Å². The Morgan fingerprint density at radius 3 is 2.27 bits per heavy atom. The van der Waals surface area contributed by atoms with Gasteiger partial charge in [0.05, 0.1) is 17.0 Å². The van der Waals surface area contributed by atoms with Crippen LogP contribution in [0.3, 0.4) is 0 Å². The van der Waals surface area contributed by atoms with E-state index in [0.717, 1.165) is 37.9 Å². The number of sulfonamides is 1. The van der Waals surface area contributed by atoms with Gasteiger partial charge in [0.1, 0.15) is 0 Å². The number of nitrogens with one attached hydrogen (secondary N) is 1. The van der Waals surface area contributed by atoms with Gasteiger partial charge in [0.25, 0.3) is 5.91 Å². The van der Waals surface area contributed by atoms with Gasteiger partial charge in [-0.25, -0.2) is 8.42 Å². The molecule has 1 aromatic carbocycles. The fourth-order valence-electron chi connectivity index (χ4n) is 3.70. The predicted molar refractivity (Wildman–Crippen MR) is 113 cm³/mol. The second-order valence-corrected chi connectivity index (χ2v) is 9.72. The number of rotatable bonds is 5. The number of hydrogen-bond donors (Lipinski definition) is 1. The van der Waals surface area contributed by atoms with Crippen molar-refractivity contribution in [2.75, 3.05) is 13.1 Å². The van der Waals surface area contributed by atoms with Gasteiger partial charge in [-0.05, 0) is 49.2 Å². The lowest BCUT2D eigenvalue weighted by Crippen LogP contribution is -2.32. The van der Waals surface area contributed by atoms with Crippen molar-refractivity contribution in [2.45, 2.75) is 43.3 Å². The van der Waals surface area contributed by atoms with Crippen LogP contribution in [0.25, 0.3) is 5.65 Å². The monoisotopic (exact) mass is 481 g/mol. The SMILES string of the molecule is O=C(NCc1nnc2ccc(C(F)(F)F)cn12)c1ccc(S(=O)(=O)N2CCCCCC2)cc1. The third-order valence-corrected chi connectivity index (χ3v) is 7.44. The van der Waals surface area contributed by atoms with Crippen LogP contribution in [0.5, 0.6) is 0 Å². The molecule has 0 atom stereocenters. The van der Waals surface area contributed by atoms with Gasteiger partial charge >= 0.3 is 6.18 Å². The van der Waals surface area contributed by atoms with Crippen molar-refractivity contribution in [3.8, 4) is 0 Å². The van der Waals surface area contributed by atoms with Crippen molar-refractivity contribution < 1.29 is 26.4 Å². The number of aromatic nitrogens is 3. The van der Waals surface area contributed by atoms with Crippen LogP contribution >= 0.6 is 0 Å². The highest BCUT2D eigenvalue weighted by atomic mass is 32.2. The summed E-state index contributed by atoms with van der Waals surface area (Å²) < 4.78 is 67.3. The summed E-state index contributed by atoms with van der Waals surface area (Å²) in [5, 5.41) is 10.2. The zero-order chi connectivity index (χ0) is 23.6. The van der Waals surface area contributed by atoms with Crippen LogP contribution in [0.1, 0.15) is 47.4 Å². The fourth-order valence-corrected chi connectivity index (χ4v) is 5.21. The van der Waals surface area contributed by atoms with E-state index in [2.05, 4.69) is 15.5 Å². The number of carbonyl (C=O) groups is 1. The lowest BCUT2D eigenvalue weighted by Gasteiger charge is -2.20. The summed E-state index contributed by atoms with van der Waals surface area (Å²) in [6.45, 7) is 0.801. The summed E-state index contributed by atoms with van der Waals surface area (Å²) in [5.41, 5.74) is -0.423. The second kappa shape index (κ2) is 9.10. The number of nitrogens with zero attached hydrogens (tertiary/aromatic N) is 4. The third kappa shape index (κ3) is 5.01. The van der Waals surface area contributed by atoms with Gasteiger partial charge in [0.15, 0.2) is 11.5 Å².